The molecule has 2 N–H and O–H groups in total. The molecule has 0 amide bonds. The minimum Gasteiger partial charge on any atom is -0.361 e. The number of aromatic nitrogens is 1. The van der Waals surface area contributed by atoms with Crippen LogP contribution in [-0.4, -0.2) is 19.9 Å². The van der Waals surface area contributed by atoms with Gasteiger partial charge in [0.1, 0.15) is 10.0 Å². The van der Waals surface area contributed by atoms with Gasteiger partial charge in [-0.2, -0.15) is 0 Å². The summed E-state index contributed by atoms with van der Waals surface area (Å²) in [6.07, 6.45) is 2.63. The van der Waals surface area contributed by atoms with E-state index in [9.17, 15) is 12.8 Å². The lowest BCUT2D eigenvalue weighted by atomic mass is 9.85. The maximum absolute atomic E-state index is 13.6. The Hall–Kier alpha value is -1.70. The third-order valence-corrected chi connectivity index (χ3v) is 7.45. The molecule has 0 radical (unpaired) electrons. The molecule has 0 spiro atoms. The summed E-state index contributed by atoms with van der Waals surface area (Å²) in [7, 11) is -3.55. The Morgan fingerprint density at radius 3 is 2.68 bits per heavy atom. The summed E-state index contributed by atoms with van der Waals surface area (Å²) < 4.78 is 41.7. The lowest BCUT2D eigenvalue weighted by Crippen LogP contribution is -2.36. The third-order valence-electron chi connectivity index (χ3n) is 4.33. The van der Waals surface area contributed by atoms with Gasteiger partial charge in [-0.05, 0) is 42.3 Å². The zero-order valence-corrected chi connectivity index (χ0v) is 16.0. The Morgan fingerprint density at radius 1 is 1.24 bits per heavy atom. The van der Waals surface area contributed by atoms with E-state index in [1.54, 1.807) is 12.1 Å². The SMILES string of the molecule is CCc1ccc(S(=O)(=O)NCC(C)(C)c2c[nH]c3ccc(F)cc23)s1. The lowest BCUT2D eigenvalue weighted by molar-refractivity contribution is 0.505. The fraction of sp³-hybridized carbons (Fsp3) is 0.333. The Balaban J connectivity index is 1.84. The Bertz CT molecular complexity index is 1000. The average molecular weight is 381 g/mol. The van der Waals surface area contributed by atoms with Crippen molar-refractivity contribution in [2.45, 2.75) is 36.8 Å². The molecule has 0 saturated carbocycles. The number of thiophene rings is 1. The summed E-state index contributed by atoms with van der Waals surface area (Å²) in [6.45, 7) is 6.09. The summed E-state index contributed by atoms with van der Waals surface area (Å²) >= 11 is 1.29. The van der Waals surface area contributed by atoms with Gasteiger partial charge in [0.05, 0.1) is 0 Å². The second-order valence-electron chi connectivity index (χ2n) is 6.67. The first-order valence-electron chi connectivity index (χ1n) is 8.08. The Morgan fingerprint density at radius 2 is 2.00 bits per heavy atom. The molecule has 0 aliphatic carbocycles. The molecule has 0 saturated heterocycles. The van der Waals surface area contributed by atoms with Crippen molar-refractivity contribution in [3.05, 3.63) is 52.8 Å². The van der Waals surface area contributed by atoms with Crippen LogP contribution in [0.5, 0.6) is 0 Å². The van der Waals surface area contributed by atoms with E-state index in [1.807, 2.05) is 33.0 Å². The van der Waals surface area contributed by atoms with Crippen molar-refractivity contribution in [2.24, 2.45) is 0 Å². The quantitative estimate of drug-likeness (QED) is 0.674. The first-order chi connectivity index (χ1) is 11.7. The average Bonchev–Trinajstić information content (AvgIpc) is 3.20. The second kappa shape index (κ2) is 6.55. The van der Waals surface area contributed by atoms with Crippen LogP contribution in [0.3, 0.4) is 0 Å². The molecule has 3 rings (SSSR count). The number of halogens is 1. The summed E-state index contributed by atoms with van der Waals surface area (Å²) in [5.41, 5.74) is 1.22. The molecular weight excluding hydrogens is 359 g/mol. The van der Waals surface area contributed by atoms with Crippen molar-refractivity contribution in [3.8, 4) is 0 Å². The molecule has 0 fully saturated rings. The van der Waals surface area contributed by atoms with E-state index in [-0.39, 0.29) is 12.4 Å². The van der Waals surface area contributed by atoms with Crippen LogP contribution in [0.25, 0.3) is 10.9 Å². The fourth-order valence-corrected chi connectivity index (χ4v) is 5.34. The lowest BCUT2D eigenvalue weighted by Gasteiger charge is -2.24. The summed E-state index contributed by atoms with van der Waals surface area (Å²) in [4.78, 5) is 4.15. The van der Waals surface area contributed by atoms with Crippen LogP contribution in [0.15, 0.2) is 40.7 Å². The van der Waals surface area contributed by atoms with Crippen LogP contribution in [0.4, 0.5) is 4.39 Å². The largest absolute Gasteiger partial charge is 0.361 e. The topological polar surface area (TPSA) is 62.0 Å². The minimum absolute atomic E-state index is 0.220. The van der Waals surface area contributed by atoms with Gasteiger partial charge in [0.25, 0.3) is 0 Å². The first kappa shape index (κ1) is 18.1. The van der Waals surface area contributed by atoms with Crippen molar-refractivity contribution in [3.63, 3.8) is 0 Å². The number of rotatable bonds is 6. The number of hydrogen-bond acceptors (Lipinski definition) is 3. The van der Waals surface area contributed by atoms with Gasteiger partial charge >= 0.3 is 0 Å². The zero-order chi connectivity index (χ0) is 18.2. The molecule has 0 atom stereocenters. The Kier molecular flexibility index (Phi) is 4.74. The normalized spacial score (nSPS) is 12.8. The van der Waals surface area contributed by atoms with Crippen molar-refractivity contribution < 1.29 is 12.8 Å². The fourth-order valence-electron chi connectivity index (χ4n) is 2.79. The van der Waals surface area contributed by atoms with Crippen LogP contribution in [0, 0.1) is 5.82 Å². The zero-order valence-electron chi connectivity index (χ0n) is 14.4. The van der Waals surface area contributed by atoms with E-state index < -0.39 is 15.4 Å². The number of aryl methyl sites for hydroxylation is 1. The number of aromatic amines is 1. The molecule has 7 heteroatoms. The van der Waals surface area contributed by atoms with E-state index in [4.69, 9.17) is 0 Å². The number of sulfonamides is 1. The van der Waals surface area contributed by atoms with Gasteiger partial charge in [-0.1, -0.05) is 20.8 Å². The number of fused-ring (bicyclic) bond motifs is 1. The van der Waals surface area contributed by atoms with E-state index in [2.05, 4.69) is 9.71 Å². The predicted octanol–water partition coefficient (Wildman–Crippen LogP) is 4.19. The molecule has 4 nitrogen and oxygen atoms in total. The van der Waals surface area contributed by atoms with E-state index in [0.717, 1.165) is 27.8 Å². The summed E-state index contributed by atoms with van der Waals surface area (Å²) in [5.74, 6) is -0.310. The standard InChI is InChI=1S/C18H21FN2O2S2/c1-4-13-6-8-17(24-13)25(22,23)21-11-18(2,3)15-10-20-16-7-5-12(19)9-14(15)16/h5-10,20-21H,4,11H2,1-3H3. The van der Waals surface area contributed by atoms with Crippen LogP contribution in [0.1, 0.15) is 31.2 Å². The Labute approximate surface area is 151 Å². The highest BCUT2D eigenvalue weighted by Crippen LogP contribution is 2.31. The van der Waals surface area contributed by atoms with Crippen LogP contribution in [-0.2, 0) is 21.9 Å². The molecule has 0 bridgehead atoms. The van der Waals surface area contributed by atoms with Crippen molar-refractivity contribution >= 4 is 32.3 Å². The second-order valence-corrected chi connectivity index (χ2v) is 9.84. The van der Waals surface area contributed by atoms with Gasteiger partial charge in [0.2, 0.25) is 10.0 Å². The van der Waals surface area contributed by atoms with Gasteiger partial charge in [0, 0.05) is 33.9 Å². The molecule has 25 heavy (non-hydrogen) atoms. The van der Waals surface area contributed by atoms with Crippen molar-refractivity contribution in [2.75, 3.05) is 6.54 Å². The third kappa shape index (κ3) is 3.63. The van der Waals surface area contributed by atoms with Crippen LogP contribution < -0.4 is 4.72 Å². The molecule has 2 heterocycles. The highest BCUT2D eigenvalue weighted by Gasteiger charge is 2.27. The highest BCUT2D eigenvalue weighted by molar-refractivity contribution is 7.91. The van der Waals surface area contributed by atoms with Gasteiger partial charge in [-0.25, -0.2) is 17.5 Å². The van der Waals surface area contributed by atoms with Gasteiger partial charge in [-0.15, -0.1) is 11.3 Å². The maximum atomic E-state index is 13.6. The van der Waals surface area contributed by atoms with Crippen LogP contribution >= 0.6 is 11.3 Å². The van der Waals surface area contributed by atoms with Gasteiger partial charge in [-0.3, -0.25) is 0 Å². The van der Waals surface area contributed by atoms with Gasteiger partial charge in [0.15, 0.2) is 0 Å². The van der Waals surface area contributed by atoms with E-state index >= 15 is 0 Å². The molecule has 2 aromatic heterocycles. The molecule has 3 aromatic rings. The number of hydrogen-bond donors (Lipinski definition) is 2. The maximum Gasteiger partial charge on any atom is 0.250 e. The predicted molar refractivity (Wildman–Crippen MR) is 100 cm³/mol. The highest BCUT2D eigenvalue weighted by atomic mass is 32.2. The van der Waals surface area contributed by atoms with Crippen molar-refractivity contribution in [1.29, 1.82) is 0 Å². The number of nitrogens with one attached hydrogen (secondary N) is 2. The van der Waals surface area contributed by atoms with Crippen molar-refractivity contribution in [1.82, 2.24) is 9.71 Å². The molecule has 134 valence electrons. The number of H-pyrrole nitrogens is 1. The monoisotopic (exact) mass is 380 g/mol. The smallest absolute Gasteiger partial charge is 0.250 e. The summed E-state index contributed by atoms with van der Waals surface area (Å²) in [5, 5.41) is 0.772. The molecular formula is C18H21FN2O2S2. The summed E-state index contributed by atoms with van der Waals surface area (Å²) in [6, 6.07) is 8.05. The number of benzene rings is 1. The van der Waals surface area contributed by atoms with Gasteiger partial charge < -0.3 is 4.98 Å². The van der Waals surface area contributed by atoms with E-state index in [0.29, 0.717) is 4.21 Å². The molecule has 0 aliphatic rings. The van der Waals surface area contributed by atoms with E-state index in [1.165, 1.54) is 23.5 Å². The first-order valence-corrected chi connectivity index (χ1v) is 10.4. The molecule has 1 aromatic carbocycles. The minimum atomic E-state index is -3.55. The molecule has 0 aliphatic heterocycles. The molecule has 0 unspecified atom stereocenters. The van der Waals surface area contributed by atoms with Crippen LogP contribution in [0.2, 0.25) is 0 Å².